The quantitative estimate of drug-likeness (QED) is 0.654. The smallest absolute Gasteiger partial charge is 0.314 e. The third-order valence-electron chi connectivity index (χ3n) is 2.50. The molecule has 0 radical (unpaired) electrons. The lowest BCUT2D eigenvalue weighted by molar-refractivity contribution is 0.186. The average molecular weight is 197 g/mol. The van der Waals surface area contributed by atoms with Crippen LogP contribution in [-0.2, 0) is 0 Å². The SMILES string of the molecule is C=C(C)CNC1CCN(C(N)=O)CC1. The number of urea groups is 1. The predicted octanol–water partition coefficient (Wildman–Crippen LogP) is 0.695. The van der Waals surface area contributed by atoms with E-state index in [4.69, 9.17) is 5.73 Å². The molecule has 1 aliphatic rings. The Balaban J connectivity index is 2.22. The van der Waals surface area contributed by atoms with Crippen molar-refractivity contribution in [1.29, 1.82) is 0 Å². The molecular weight excluding hydrogens is 178 g/mol. The second-order valence-electron chi connectivity index (χ2n) is 3.94. The zero-order valence-electron chi connectivity index (χ0n) is 8.75. The molecule has 1 heterocycles. The summed E-state index contributed by atoms with van der Waals surface area (Å²) in [5.41, 5.74) is 6.33. The average Bonchev–Trinajstić information content (AvgIpc) is 2.15. The number of hydrogen-bond acceptors (Lipinski definition) is 2. The maximum Gasteiger partial charge on any atom is 0.314 e. The molecule has 1 fully saturated rings. The van der Waals surface area contributed by atoms with Crippen LogP contribution in [0.2, 0.25) is 0 Å². The first-order valence-corrected chi connectivity index (χ1v) is 5.01. The van der Waals surface area contributed by atoms with Crippen LogP contribution in [0.15, 0.2) is 12.2 Å². The van der Waals surface area contributed by atoms with Crippen LogP contribution in [0.3, 0.4) is 0 Å². The van der Waals surface area contributed by atoms with Gasteiger partial charge in [0.05, 0.1) is 0 Å². The Bertz CT molecular complexity index is 219. The minimum absolute atomic E-state index is 0.302. The second kappa shape index (κ2) is 5.00. The van der Waals surface area contributed by atoms with Gasteiger partial charge >= 0.3 is 6.03 Å². The van der Waals surface area contributed by atoms with Gasteiger partial charge < -0.3 is 16.0 Å². The molecule has 0 unspecified atom stereocenters. The van der Waals surface area contributed by atoms with E-state index in [1.54, 1.807) is 4.90 Å². The molecule has 1 rings (SSSR count). The molecule has 14 heavy (non-hydrogen) atoms. The zero-order chi connectivity index (χ0) is 10.6. The number of nitrogens with zero attached hydrogens (tertiary/aromatic N) is 1. The fourth-order valence-corrected chi connectivity index (χ4v) is 1.62. The van der Waals surface area contributed by atoms with Crippen molar-refractivity contribution in [1.82, 2.24) is 10.2 Å². The molecule has 0 aromatic rings. The van der Waals surface area contributed by atoms with E-state index in [-0.39, 0.29) is 6.03 Å². The molecule has 0 aromatic heterocycles. The third-order valence-corrected chi connectivity index (χ3v) is 2.50. The molecule has 4 heteroatoms. The number of carbonyl (C=O) groups is 1. The highest BCUT2D eigenvalue weighted by Crippen LogP contribution is 2.09. The molecule has 3 N–H and O–H groups in total. The molecular formula is C10H19N3O. The lowest BCUT2D eigenvalue weighted by atomic mass is 10.1. The molecule has 2 amide bonds. The summed E-state index contributed by atoms with van der Waals surface area (Å²) in [5, 5.41) is 3.40. The number of likely N-dealkylation sites (tertiary alicyclic amines) is 1. The van der Waals surface area contributed by atoms with E-state index in [9.17, 15) is 4.79 Å². The normalized spacial score (nSPS) is 18.2. The molecule has 0 bridgehead atoms. The molecule has 0 saturated carbocycles. The first-order valence-electron chi connectivity index (χ1n) is 5.01. The first-order chi connectivity index (χ1) is 6.59. The van der Waals surface area contributed by atoms with Gasteiger partial charge in [0.15, 0.2) is 0 Å². The van der Waals surface area contributed by atoms with Crippen molar-refractivity contribution < 1.29 is 4.79 Å². The summed E-state index contributed by atoms with van der Waals surface area (Å²) < 4.78 is 0. The fourth-order valence-electron chi connectivity index (χ4n) is 1.62. The summed E-state index contributed by atoms with van der Waals surface area (Å²) in [7, 11) is 0. The number of primary amides is 1. The van der Waals surface area contributed by atoms with E-state index in [2.05, 4.69) is 11.9 Å². The highest BCUT2D eigenvalue weighted by Gasteiger charge is 2.20. The lowest BCUT2D eigenvalue weighted by Gasteiger charge is -2.31. The van der Waals surface area contributed by atoms with Gasteiger partial charge in [0.1, 0.15) is 0 Å². The summed E-state index contributed by atoms with van der Waals surface area (Å²) >= 11 is 0. The highest BCUT2D eigenvalue weighted by atomic mass is 16.2. The second-order valence-corrected chi connectivity index (χ2v) is 3.94. The minimum Gasteiger partial charge on any atom is -0.351 e. The predicted molar refractivity (Wildman–Crippen MR) is 57.0 cm³/mol. The van der Waals surface area contributed by atoms with Gasteiger partial charge in [-0.15, -0.1) is 0 Å². The van der Waals surface area contributed by atoms with Crippen molar-refractivity contribution in [3.63, 3.8) is 0 Å². The molecule has 0 aromatic carbocycles. The summed E-state index contributed by atoms with van der Waals surface area (Å²) in [5.74, 6) is 0. The molecule has 1 saturated heterocycles. The maximum atomic E-state index is 10.8. The van der Waals surface area contributed by atoms with Crippen LogP contribution in [-0.4, -0.2) is 36.6 Å². The van der Waals surface area contributed by atoms with Crippen LogP contribution >= 0.6 is 0 Å². The van der Waals surface area contributed by atoms with E-state index in [0.29, 0.717) is 6.04 Å². The van der Waals surface area contributed by atoms with Crippen molar-refractivity contribution in [3.8, 4) is 0 Å². The van der Waals surface area contributed by atoms with Gasteiger partial charge in [0.2, 0.25) is 0 Å². The Morgan fingerprint density at radius 2 is 2.14 bits per heavy atom. The minimum atomic E-state index is -0.302. The third kappa shape index (κ3) is 3.38. The largest absolute Gasteiger partial charge is 0.351 e. The summed E-state index contributed by atoms with van der Waals surface area (Å²) in [6.45, 7) is 8.24. The van der Waals surface area contributed by atoms with E-state index < -0.39 is 0 Å². The van der Waals surface area contributed by atoms with Crippen molar-refractivity contribution in [2.75, 3.05) is 19.6 Å². The molecule has 0 spiro atoms. The van der Waals surface area contributed by atoms with Crippen LogP contribution in [0.25, 0.3) is 0 Å². The van der Waals surface area contributed by atoms with Gasteiger partial charge in [0, 0.05) is 25.7 Å². The molecule has 1 aliphatic heterocycles. The van der Waals surface area contributed by atoms with Crippen molar-refractivity contribution in [2.45, 2.75) is 25.8 Å². The molecule has 0 atom stereocenters. The maximum absolute atomic E-state index is 10.8. The number of piperidine rings is 1. The van der Waals surface area contributed by atoms with Crippen LogP contribution in [0.4, 0.5) is 4.79 Å². The Morgan fingerprint density at radius 3 is 2.57 bits per heavy atom. The number of nitrogens with two attached hydrogens (primary N) is 1. The Morgan fingerprint density at radius 1 is 1.57 bits per heavy atom. The topological polar surface area (TPSA) is 58.4 Å². The van der Waals surface area contributed by atoms with Gasteiger partial charge in [-0.05, 0) is 19.8 Å². The van der Waals surface area contributed by atoms with E-state index in [1.807, 2.05) is 6.92 Å². The monoisotopic (exact) mass is 197 g/mol. The van der Waals surface area contributed by atoms with Gasteiger partial charge in [-0.1, -0.05) is 12.2 Å². The van der Waals surface area contributed by atoms with Crippen LogP contribution < -0.4 is 11.1 Å². The van der Waals surface area contributed by atoms with Crippen molar-refractivity contribution in [2.24, 2.45) is 5.73 Å². The summed E-state index contributed by atoms with van der Waals surface area (Å²) in [4.78, 5) is 12.5. The van der Waals surface area contributed by atoms with Crippen molar-refractivity contribution >= 4 is 6.03 Å². The molecule has 4 nitrogen and oxygen atoms in total. The number of rotatable bonds is 3. The molecule has 80 valence electrons. The van der Waals surface area contributed by atoms with E-state index in [1.165, 1.54) is 0 Å². The highest BCUT2D eigenvalue weighted by molar-refractivity contribution is 5.72. The fraction of sp³-hybridized carbons (Fsp3) is 0.700. The summed E-state index contributed by atoms with van der Waals surface area (Å²) in [6, 6.07) is 0.200. The first kappa shape index (κ1) is 11.0. The van der Waals surface area contributed by atoms with E-state index >= 15 is 0 Å². The van der Waals surface area contributed by atoms with Crippen LogP contribution in [0, 0.1) is 0 Å². The van der Waals surface area contributed by atoms with Gasteiger partial charge in [-0.2, -0.15) is 0 Å². The molecule has 0 aliphatic carbocycles. The Kier molecular flexibility index (Phi) is 3.95. The summed E-state index contributed by atoms with van der Waals surface area (Å²) in [6.07, 6.45) is 1.96. The zero-order valence-corrected chi connectivity index (χ0v) is 8.75. The number of carbonyl (C=O) groups excluding carboxylic acids is 1. The standard InChI is InChI=1S/C10H19N3O/c1-8(2)7-12-9-3-5-13(6-4-9)10(11)14/h9,12H,1,3-7H2,2H3,(H2,11,14). The Labute approximate surface area is 85.1 Å². The van der Waals surface area contributed by atoms with Crippen LogP contribution in [0.5, 0.6) is 0 Å². The van der Waals surface area contributed by atoms with E-state index in [0.717, 1.165) is 38.0 Å². The van der Waals surface area contributed by atoms with Gasteiger partial charge in [-0.25, -0.2) is 4.79 Å². The van der Waals surface area contributed by atoms with Crippen molar-refractivity contribution in [3.05, 3.63) is 12.2 Å². The number of hydrogen-bond donors (Lipinski definition) is 2. The Hall–Kier alpha value is -1.03. The van der Waals surface area contributed by atoms with Crippen LogP contribution in [0.1, 0.15) is 19.8 Å². The van der Waals surface area contributed by atoms with Gasteiger partial charge in [-0.3, -0.25) is 0 Å². The van der Waals surface area contributed by atoms with Gasteiger partial charge in [0.25, 0.3) is 0 Å². The number of nitrogens with one attached hydrogen (secondary N) is 1. The lowest BCUT2D eigenvalue weighted by Crippen LogP contribution is -2.47. The number of amides is 2.